The summed E-state index contributed by atoms with van der Waals surface area (Å²) in [5.74, 6) is 5.40. The van der Waals surface area contributed by atoms with Crippen LogP contribution in [0.1, 0.15) is 12.8 Å². The molecule has 1 aromatic carbocycles. The largest absolute Gasteiger partial charge is 0.381 e. The number of piperazine rings is 1. The number of hydrogen-bond donors (Lipinski definition) is 2. The van der Waals surface area contributed by atoms with E-state index in [9.17, 15) is 0 Å². The number of nitrogens with two attached hydrogens (primary N) is 1. The van der Waals surface area contributed by atoms with Gasteiger partial charge in [-0.15, -0.1) is 0 Å². The van der Waals surface area contributed by atoms with Gasteiger partial charge in [-0.3, -0.25) is 10.7 Å². The zero-order chi connectivity index (χ0) is 13.8. The van der Waals surface area contributed by atoms with Crippen LogP contribution < -0.4 is 16.2 Å². The van der Waals surface area contributed by atoms with Crippen LogP contribution in [0.25, 0.3) is 0 Å². The maximum Gasteiger partial charge on any atom is 0.0486 e. The molecule has 20 heavy (non-hydrogen) atoms. The van der Waals surface area contributed by atoms with Gasteiger partial charge in [-0.05, 0) is 37.1 Å². The van der Waals surface area contributed by atoms with Crippen molar-refractivity contribution < 1.29 is 4.74 Å². The summed E-state index contributed by atoms with van der Waals surface area (Å²) >= 11 is 0. The van der Waals surface area contributed by atoms with Crippen molar-refractivity contribution in [3.8, 4) is 0 Å². The molecule has 3 rings (SSSR count). The molecule has 0 spiro atoms. The molecule has 0 bridgehead atoms. The highest BCUT2D eigenvalue weighted by Gasteiger charge is 2.25. The summed E-state index contributed by atoms with van der Waals surface area (Å²) in [6.07, 6.45) is 2.38. The molecule has 2 aliphatic rings. The Morgan fingerprint density at radius 2 is 1.65 bits per heavy atom. The Labute approximate surface area is 120 Å². The Balaban J connectivity index is 1.54. The van der Waals surface area contributed by atoms with E-state index in [2.05, 4.69) is 27.4 Å². The molecule has 1 aromatic rings. The van der Waals surface area contributed by atoms with E-state index < -0.39 is 0 Å². The molecule has 5 nitrogen and oxygen atoms in total. The Kier molecular flexibility index (Phi) is 4.40. The van der Waals surface area contributed by atoms with Crippen molar-refractivity contribution in [3.05, 3.63) is 24.3 Å². The van der Waals surface area contributed by atoms with Gasteiger partial charge in [0.2, 0.25) is 0 Å². The summed E-state index contributed by atoms with van der Waals surface area (Å²) in [5, 5.41) is 0. The van der Waals surface area contributed by atoms with Gasteiger partial charge >= 0.3 is 0 Å². The van der Waals surface area contributed by atoms with E-state index in [1.807, 2.05) is 12.1 Å². The van der Waals surface area contributed by atoms with Gasteiger partial charge in [-0.2, -0.15) is 0 Å². The Morgan fingerprint density at radius 1 is 1.00 bits per heavy atom. The van der Waals surface area contributed by atoms with E-state index in [0.717, 1.165) is 51.1 Å². The minimum atomic E-state index is 0.731. The van der Waals surface area contributed by atoms with E-state index in [4.69, 9.17) is 10.6 Å². The van der Waals surface area contributed by atoms with E-state index in [1.54, 1.807) is 0 Å². The van der Waals surface area contributed by atoms with E-state index in [0.29, 0.717) is 0 Å². The molecule has 0 radical (unpaired) electrons. The number of hydrazine groups is 1. The lowest BCUT2D eigenvalue weighted by atomic mass is 10.1. The van der Waals surface area contributed by atoms with Gasteiger partial charge in [-0.25, -0.2) is 0 Å². The first-order valence-electron chi connectivity index (χ1n) is 7.50. The molecule has 2 fully saturated rings. The monoisotopic (exact) mass is 276 g/mol. The number of nitrogens with zero attached hydrogens (tertiary/aromatic N) is 2. The molecule has 110 valence electrons. The number of anilines is 2. The number of hydrogen-bond acceptors (Lipinski definition) is 5. The lowest BCUT2D eigenvalue weighted by Crippen LogP contribution is -2.51. The summed E-state index contributed by atoms with van der Waals surface area (Å²) < 4.78 is 5.45. The maximum absolute atomic E-state index is 5.45. The van der Waals surface area contributed by atoms with Crippen molar-refractivity contribution in [1.29, 1.82) is 0 Å². The van der Waals surface area contributed by atoms with Gasteiger partial charge in [-0.1, -0.05) is 0 Å². The van der Waals surface area contributed by atoms with Gasteiger partial charge in [0, 0.05) is 56.8 Å². The third kappa shape index (κ3) is 3.06. The number of nitrogen functional groups attached to an aromatic ring is 1. The summed E-state index contributed by atoms with van der Waals surface area (Å²) in [7, 11) is 0. The zero-order valence-electron chi connectivity index (χ0n) is 11.9. The van der Waals surface area contributed by atoms with Crippen LogP contribution in [0.4, 0.5) is 11.4 Å². The van der Waals surface area contributed by atoms with E-state index in [1.165, 1.54) is 18.5 Å². The highest BCUT2D eigenvalue weighted by molar-refractivity contribution is 5.54. The molecule has 0 amide bonds. The Morgan fingerprint density at radius 3 is 2.25 bits per heavy atom. The van der Waals surface area contributed by atoms with Crippen LogP contribution in [0.5, 0.6) is 0 Å². The average molecular weight is 276 g/mol. The number of ether oxygens (including phenoxy) is 1. The molecule has 5 heteroatoms. The minimum absolute atomic E-state index is 0.731. The Bertz CT molecular complexity index is 408. The zero-order valence-corrected chi connectivity index (χ0v) is 11.9. The van der Waals surface area contributed by atoms with Gasteiger partial charge < -0.3 is 15.1 Å². The van der Waals surface area contributed by atoms with Crippen molar-refractivity contribution in [3.63, 3.8) is 0 Å². The third-order valence-corrected chi connectivity index (χ3v) is 4.42. The second-order valence-electron chi connectivity index (χ2n) is 5.56. The lowest BCUT2D eigenvalue weighted by molar-refractivity contribution is 0.0321. The Hall–Kier alpha value is -1.30. The van der Waals surface area contributed by atoms with E-state index >= 15 is 0 Å². The van der Waals surface area contributed by atoms with E-state index in [-0.39, 0.29) is 0 Å². The maximum atomic E-state index is 5.45. The quantitative estimate of drug-likeness (QED) is 0.643. The molecule has 0 aliphatic carbocycles. The average Bonchev–Trinajstić information content (AvgIpc) is 2.56. The highest BCUT2D eigenvalue weighted by Crippen LogP contribution is 2.21. The molecular formula is C15H24N4O. The normalized spacial score (nSPS) is 21.9. The molecule has 2 saturated heterocycles. The van der Waals surface area contributed by atoms with Crippen LogP contribution in [-0.4, -0.2) is 50.3 Å². The second-order valence-corrected chi connectivity index (χ2v) is 5.56. The molecule has 0 unspecified atom stereocenters. The number of rotatable bonds is 3. The molecule has 2 heterocycles. The predicted molar refractivity (Wildman–Crippen MR) is 81.9 cm³/mol. The first-order chi connectivity index (χ1) is 9.86. The second kappa shape index (κ2) is 6.43. The topological polar surface area (TPSA) is 53.8 Å². The fourth-order valence-electron chi connectivity index (χ4n) is 3.16. The SMILES string of the molecule is NNc1ccc(N2CCN(C3CCOCC3)CC2)cc1. The van der Waals surface area contributed by atoms with Crippen molar-refractivity contribution in [2.24, 2.45) is 5.84 Å². The van der Waals surface area contributed by atoms with Crippen LogP contribution in [0.15, 0.2) is 24.3 Å². The summed E-state index contributed by atoms with van der Waals surface area (Å²) in [6, 6.07) is 9.06. The van der Waals surface area contributed by atoms with Crippen LogP contribution in [0, 0.1) is 0 Å². The molecular weight excluding hydrogens is 252 g/mol. The molecule has 0 saturated carbocycles. The summed E-state index contributed by atoms with van der Waals surface area (Å²) in [4.78, 5) is 5.09. The smallest absolute Gasteiger partial charge is 0.0486 e. The van der Waals surface area contributed by atoms with Crippen molar-refractivity contribution in [2.75, 3.05) is 49.7 Å². The van der Waals surface area contributed by atoms with Crippen molar-refractivity contribution >= 4 is 11.4 Å². The fraction of sp³-hybridized carbons (Fsp3) is 0.600. The van der Waals surface area contributed by atoms with Crippen LogP contribution in [0.3, 0.4) is 0 Å². The highest BCUT2D eigenvalue weighted by atomic mass is 16.5. The molecule has 0 aromatic heterocycles. The van der Waals surface area contributed by atoms with Crippen molar-refractivity contribution in [1.82, 2.24) is 4.90 Å². The first kappa shape index (κ1) is 13.7. The molecule has 0 atom stereocenters. The van der Waals surface area contributed by atoms with Crippen LogP contribution in [-0.2, 0) is 4.74 Å². The van der Waals surface area contributed by atoms with Crippen LogP contribution in [0.2, 0.25) is 0 Å². The van der Waals surface area contributed by atoms with Crippen molar-refractivity contribution in [2.45, 2.75) is 18.9 Å². The van der Waals surface area contributed by atoms with Crippen LogP contribution >= 0.6 is 0 Å². The standard InChI is InChI=1S/C15H24N4O/c16-17-13-1-3-14(4-2-13)18-7-9-19(10-8-18)15-5-11-20-12-6-15/h1-4,15,17H,5-12,16H2. The summed E-state index contributed by atoms with van der Waals surface area (Å²) in [5.41, 5.74) is 4.91. The minimum Gasteiger partial charge on any atom is -0.381 e. The van der Waals surface area contributed by atoms with Gasteiger partial charge in [0.15, 0.2) is 0 Å². The van der Waals surface area contributed by atoms with Gasteiger partial charge in [0.1, 0.15) is 0 Å². The number of benzene rings is 1. The first-order valence-corrected chi connectivity index (χ1v) is 7.50. The summed E-state index contributed by atoms with van der Waals surface area (Å²) in [6.45, 7) is 6.37. The predicted octanol–water partition coefficient (Wildman–Crippen LogP) is 1.27. The fourth-order valence-corrected chi connectivity index (χ4v) is 3.16. The lowest BCUT2D eigenvalue weighted by Gasteiger charge is -2.41. The van der Waals surface area contributed by atoms with Gasteiger partial charge in [0.25, 0.3) is 0 Å². The third-order valence-electron chi connectivity index (χ3n) is 4.42. The van der Waals surface area contributed by atoms with Gasteiger partial charge in [0.05, 0.1) is 0 Å². The number of nitrogens with one attached hydrogen (secondary N) is 1. The molecule has 2 aliphatic heterocycles. The molecule has 3 N–H and O–H groups in total.